The largest absolute Gasteiger partial charge is 0.370 e. The van der Waals surface area contributed by atoms with Gasteiger partial charge >= 0.3 is 6.03 Å². The van der Waals surface area contributed by atoms with Gasteiger partial charge in [-0.15, -0.1) is 6.58 Å². The first-order valence-electron chi connectivity index (χ1n) is 6.65. The molecule has 19 heavy (non-hydrogen) atoms. The van der Waals surface area contributed by atoms with E-state index < -0.39 is 0 Å². The number of rotatable bonds is 2. The molecule has 2 aliphatic rings. The number of nitrogens with zero attached hydrogens (tertiary/aromatic N) is 4. The van der Waals surface area contributed by atoms with Crippen LogP contribution in [0.4, 0.5) is 4.79 Å². The molecule has 1 saturated heterocycles. The first-order chi connectivity index (χ1) is 9.00. The molecule has 2 N–H and O–H groups in total. The predicted molar refractivity (Wildman–Crippen MR) is 76.0 cm³/mol. The number of urea groups is 1. The number of nitrogens with two attached hydrogens (primary N) is 1. The van der Waals surface area contributed by atoms with E-state index in [-0.39, 0.29) is 11.6 Å². The molecule has 1 fully saturated rings. The van der Waals surface area contributed by atoms with Crippen LogP contribution in [0, 0.1) is 0 Å². The van der Waals surface area contributed by atoms with Gasteiger partial charge in [0.1, 0.15) is 0 Å². The van der Waals surface area contributed by atoms with Crippen molar-refractivity contribution < 1.29 is 4.79 Å². The zero-order chi connectivity index (χ0) is 14.0. The van der Waals surface area contributed by atoms with Gasteiger partial charge in [0.05, 0.1) is 12.1 Å². The van der Waals surface area contributed by atoms with Gasteiger partial charge in [0, 0.05) is 33.7 Å². The van der Waals surface area contributed by atoms with Crippen LogP contribution >= 0.6 is 0 Å². The molecule has 2 aliphatic heterocycles. The molecule has 6 heteroatoms. The number of likely N-dealkylation sites (tertiary alicyclic amines) is 1. The average molecular weight is 265 g/mol. The standard InChI is InChI=1S/C13H23N5O/c1-4-7-18-11(14)15-10-13(18)5-8-17(9-6-13)12(19)16(2)3/h4H,1,5-10H2,2-3H3,(H2,14,15). The van der Waals surface area contributed by atoms with E-state index in [1.807, 2.05) is 11.0 Å². The van der Waals surface area contributed by atoms with Crippen LogP contribution in [-0.4, -0.2) is 72.5 Å². The van der Waals surface area contributed by atoms with Crippen LogP contribution in [-0.2, 0) is 0 Å². The quantitative estimate of drug-likeness (QED) is 0.731. The lowest BCUT2D eigenvalue weighted by Crippen LogP contribution is -2.58. The summed E-state index contributed by atoms with van der Waals surface area (Å²) < 4.78 is 0. The van der Waals surface area contributed by atoms with Gasteiger partial charge < -0.3 is 20.4 Å². The van der Waals surface area contributed by atoms with Gasteiger partial charge in [0.25, 0.3) is 0 Å². The van der Waals surface area contributed by atoms with E-state index in [0.717, 1.165) is 39.0 Å². The molecule has 0 unspecified atom stereocenters. The highest BCUT2D eigenvalue weighted by molar-refractivity contribution is 5.81. The minimum atomic E-state index is -0.0125. The number of carbonyl (C=O) groups excluding carboxylic acids is 1. The van der Waals surface area contributed by atoms with Gasteiger partial charge in [-0.1, -0.05) is 6.08 Å². The van der Waals surface area contributed by atoms with Gasteiger partial charge in [-0.25, -0.2) is 4.79 Å². The van der Waals surface area contributed by atoms with Gasteiger partial charge in [-0.2, -0.15) is 0 Å². The number of amides is 2. The molecule has 0 aromatic rings. The lowest BCUT2D eigenvalue weighted by Gasteiger charge is -2.45. The number of aliphatic imine (C=N–C) groups is 1. The fourth-order valence-electron chi connectivity index (χ4n) is 2.88. The lowest BCUT2D eigenvalue weighted by atomic mass is 9.86. The molecule has 2 amide bonds. The Kier molecular flexibility index (Phi) is 3.68. The molecule has 0 radical (unpaired) electrons. The monoisotopic (exact) mass is 265 g/mol. The van der Waals surface area contributed by atoms with Crippen LogP contribution in [0.3, 0.4) is 0 Å². The molecular weight excluding hydrogens is 242 g/mol. The summed E-state index contributed by atoms with van der Waals surface area (Å²) in [6, 6.07) is 0.0806. The summed E-state index contributed by atoms with van der Waals surface area (Å²) in [6.07, 6.45) is 3.67. The molecule has 0 aromatic heterocycles. The van der Waals surface area contributed by atoms with Crippen molar-refractivity contribution in [2.75, 3.05) is 40.3 Å². The van der Waals surface area contributed by atoms with E-state index in [4.69, 9.17) is 5.73 Å². The lowest BCUT2D eigenvalue weighted by molar-refractivity contribution is 0.0944. The first kappa shape index (κ1) is 13.7. The second kappa shape index (κ2) is 5.11. The normalized spacial score (nSPS) is 21.5. The first-order valence-corrected chi connectivity index (χ1v) is 6.65. The number of hydrogen-bond acceptors (Lipinski definition) is 4. The zero-order valence-electron chi connectivity index (χ0n) is 11.8. The highest BCUT2D eigenvalue weighted by Crippen LogP contribution is 2.33. The van der Waals surface area contributed by atoms with E-state index in [9.17, 15) is 4.79 Å². The highest BCUT2D eigenvalue weighted by Gasteiger charge is 2.44. The number of piperidine rings is 1. The van der Waals surface area contributed by atoms with Gasteiger partial charge in [0.15, 0.2) is 5.96 Å². The summed E-state index contributed by atoms with van der Waals surface area (Å²) in [7, 11) is 3.57. The maximum Gasteiger partial charge on any atom is 0.319 e. The molecule has 6 nitrogen and oxygen atoms in total. The third-order valence-corrected chi connectivity index (χ3v) is 4.04. The number of hydrogen-bond donors (Lipinski definition) is 1. The topological polar surface area (TPSA) is 65.2 Å². The Balaban J connectivity index is 2.02. The summed E-state index contributed by atoms with van der Waals surface area (Å²) in [5.74, 6) is 0.604. The molecule has 2 rings (SSSR count). The van der Waals surface area contributed by atoms with Gasteiger partial charge in [-0.3, -0.25) is 4.99 Å². The van der Waals surface area contributed by atoms with Crippen molar-refractivity contribution in [2.45, 2.75) is 18.4 Å². The van der Waals surface area contributed by atoms with Crippen molar-refractivity contribution in [1.29, 1.82) is 0 Å². The molecule has 0 bridgehead atoms. The Morgan fingerprint density at radius 1 is 1.53 bits per heavy atom. The van der Waals surface area contributed by atoms with Crippen LogP contribution < -0.4 is 5.73 Å². The average Bonchev–Trinajstić information content (AvgIpc) is 2.69. The summed E-state index contributed by atoms with van der Waals surface area (Å²) in [5.41, 5.74) is 5.94. The predicted octanol–water partition coefficient (Wildman–Crippen LogP) is 0.319. The SMILES string of the molecule is C=CCN1C(N)=NCC12CCN(C(=O)N(C)C)CC2. The van der Waals surface area contributed by atoms with Gasteiger partial charge in [0.2, 0.25) is 0 Å². The Morgan fingerprint density at radius 3 is 2.68 bits per heavy atom. The van der Waals surface area contributed by atoms with Crippen LogP contribution in [0.15, 0.2) is 17.6 Å². The molecule has 0 aliphatic carbocycles. The van der Waals surface area contributed by atoms with E-state index >= 15 is 0 Å². The second-order valence-electron chi connectivity index (χ2n) is 5.46. The van der Waals surface area contributed by atoms with Crippen LogP contribution in [0.25, 0.3) is 0 Å². The molecular formula is C13H23N5O. The number of guanidine groups is 1. The molecule has 2 heterocycles. The highest BCUT2D eigenvalue weighted by atomic mass is 16.2. The van der Waals surface area contributed by atoms with E-state index in [2.05, 4.69) is 16.5 Å². The third kappa shape index (κ3) is 2.39. The Morgan fingerprint density at radius 2 is 2.16 bits per heavy atom. The minimum absolute atomic E-state index is 0.0125. The van der Waals surface area contributed by atoms with Crippen molar-refractivity contribution in [3.63, 3.8) is 0 Å². The number of carbonyl (C=O) groups is 1. The fraction of sp³-hybridized carbons (Fsp3) is 0.692. The van der Waals surface area contributed by atoms with Crippen LogP contribution in [0.1, 0.15) is 12.8 Å². The summed E-state index contributed by atoms with van der Waals surface area (Å²) in [6.45, 7) is 6.75. The molecule has 0 atom stereocenters. The molecule has 0 aromatic carbocycles. The van der Waals surface area contributed by atoms with Crippen LogP contribution in [0.2, 0.25) is 0 Å². The van der Waals surface area contributed by atoms with Crippen molar-refractivity contribution in [2.24, 2.45) is 10.7 Å². The van der Waals surface area contributed by atoms with Crippen LogP contribution in [0.5, 0.6) is 0 Å². The van der Waals surface area contributed by atoms with Crippen molar-refractivity contribution in [3.8, 4) is 0 Å². The molecule has 0 saturated carbocycles. The fourth-order valence-corrected chi connectivity index (χ4v) is 2.88. The third-order valence-electron chi connectivity index (χ3n) is 4.04. The molecule has 106 valence electrons. The summed E-state index contributed by atoms with van der Waals surface area (Å²) in [5, 5.41) is 0. The Labute approximate surface area is 114 Å². The van der Waals surface area contributed by atoms with Crippen molar-refractivity contribution in [3.05, 3.63) is 12.7 Å². The summed E-state index contributed by atoms with van der Waals surface area (Å²) in [4.78, 5) is 22.0. The maximum absolute atomic E-state index is 11.9. The van der Waals surface area contributed by atoms with E-state index in [0.29, 0.717) is 5.96 Å². The molecule has 1 spiro atoms. The van der Waals surface area contributed by atoms with E-state index in [1.165, 1.54) is 0 Å². The van der Waals surface area contributed by atoms with Crippen molar-refractivity contribution >= 4 is 12.0 Å². The van der Waals surface area contributed by atoms with E-state index in [1.54, 1.807) is 19.0 Å². The summed E-state index contributed by atoms with van der Waals surface area (Å²) >= 11 is 0. The zero-order valence-corrected chi connectivity index (χ0v) is 11.8. The minimum Gasteiger partial charge on any atom is -0.370 e. The van der Waals surface area contributed by atoms with Gasteiger partial charge in [-0.05, 0) is 12.8 Å². The van der Waals surface area contributed by atoms with Crippen molar-refractivity contribution in [1.82, 2.24) is 14.7 Å². The Bertz CT molecular complexity index is 396. The smallest absolute Gasteiger partial charge is 0.319 e. The second-order valence-corrected chi connectivity index (χ2v) is 5.46. The Hall–Kier alpha value is -1.72. The maximum atomic E-state index is 11.9.